The molecule has 0 spiro atoms. The van der Waals surface area contributed by atoms with Crippen molar-refractivity contribution in [2.24, 2.45) is 0 Å². The van der Waals surface area contributed by atoms with E-state index in [0.29, 0.717) is 28.8 Å². The number of rotatable bonds is 7. The quantitative estimate of drug-likeness (QED) is 0.394. The molecule has 0 saturated heterocycles. The number of ether oxygens (including phenoxy) is 3. The molecular weight excluding hydrogens is 501 g/mol. The molecule has 30 heavy (non-hydrogen) atoms. The minimum Gasteiger partial charge on any atom is -0.497 e. The molecule has 0 radical (unpaired) electrons. The molecular formula is C20H20IN5O4. The molecule has 0 aliphatic rings. The molecule has 0 aliphatic heterocycles. The number of nitrogens with one attached hydrogen (secondary N) is 3. The Morgan fingerprint density at radius 2 is 1.53 bits per heavy atom. The van der Waals surface area contributed by atoms with Crippen molar-refractivity contribution in [3.8, 4) is 17.2 Å². The van der Waals surface area contributed by atoms with Crippen molar-refractivity contribution >= 4 is 51.6 Å². The highest BCUT2D eigenvalue weighted by molar-refractivity contribution is 14.1. The summed E-state index contributed by atoms with van der Waals surface area (Å²) < 4.78 is 16.6. The van der Waals surface area contributed by atoms with Crippen LogP contribution in [0.2, 0.25) is 0 Å². The number of anilines is 4. The van der Waals surface area contributed by atoms with E-state index < -0.39 is 6.03 Å². The molecule has 1 aromatic heterocycles. The Hall–Kier alpha value is -3.28. The molecule has 0 bridgehead atoms. The van der Waals surface area contributed by atoms with Crippen LogP contribution in [0.25, 0.3) is 0 Å². The first-order valence-electron chi connectivity index (χ1n) is 8.74. The molecule has 0 atom stereocenters. The predicted octanol–water partition coefficient (Wildman–Crippen LogP) is 4.49. The lowest BCUT2D eigenvalue weighted by Gasteiger charge is -2.11. The highest BCUT2D eigenvalue weighted by Gasteiger charge is 2.09. The van der Waals surface area contributed by atoms with Gasteiger partial charge in [0.25, 0.3) is 0 Å². The monoisotopic (exact) mass is 521 g/mol. The van der Waals surface area contributed by atoms with Gasteiger partial charge in [0.2, 0.25) is 0 Å². The first-order chi connectivity index (χ1) is 14.5. The van der Waals surface area contributed by atoms with Crippen molar-refractivity contribution in [3.05, 3.63) is 52.4 Å². The summed E-state index contributed by atoms with van der Waals surface area (Å²) in [7, 11) is 4.70. The van der Waals surface area contributed by atoms with E-state index in [4.69, 9.17) is 14.2 Å². The average molecular weight is 521 g/mol. The highest BCUT2D eigenvalue weighted by atomic mass is 127. The second-order valence-corrected chi connectivity index (χ2v) is 7.11. The van der Waals surface area contributed by atoms with Crippen LogP contribution in [-0.2, 0) is 0 Å². The van der Waals surface area contributed by atoms with Crippen LogP contribution in [0.4, 0.5) is 27.8 Å². The van der Waals surface area contributed by atoms with Gasteiger partial charge in [-0.2, -0.15) is 0 Å². The maximum Gasteiger partial charge on any atom is 0.324 e. The summed E-state index contributed by atoms with van der Waals surface area (Å²) in [4.78, 5) is 20.6. The third-order valence-electron chi connectivity index (χ3n) is 3.94. The van der Waals surface area contributed by atoms with Crippen LogP contribution in [0.3, 0.4) is 0 Å². The van der Waals surface area contributed by atoms with Crippen molar-refractivity contribution in [1.82, 2.24) is 9.97 Å². The van der Waals surface area contributed by atoms with E-state index in [1.54, 1.807) is 31.4 Å². The highest BCUT2D eigenvalue weighted by Crippen LogP contribution is 2.27. The first kappa shape index (κ1) is 21.4. The lowest BCUT2D eigenvalue weighted by molar-refractivity contribution is 0.262. The lowest BCUT2D eigenvalue weighted by atomic mass is 10.3. The molecule has 0 unspecified atom stereocenters. The third kappa shape index (κ3) is 5.63. The Bertz CT molecular complexity index is 1030. The smallest absolute Gasteiger partial charge is 0.324 e. The first-order valence-corrected chi connectivity index (χ1v) is 9.82. The van der Waals surface area contributed by atoms with Gasteiger partial charge in [-0.1, -0.05) is 0 Å². The average Bonchev–Trinajstić information content (AvgIpc) is 2.73. The van der Waals surface area contributed by atoms with Crippen molar-refractivity contribution in [1.29, 1.82) is 0 Å². The number of hydrogen-bond donors (Lipinski definition) is 3. The number of hydrogen-bond acceptors (Lipinski definition) is 7. The minimum atomic E-state index is -0.464. The van der Waals surface area contributed by atoms with Gasteiger partial charge in [-0.05, 0) is 40.8 Å². The normalized spacial score (nSPS) is 10.1. The standard InChI is InChI=1S/C20H20IN5O4/c1-28-14-6-13(7-15(9-14)29-2)25-20(27)26-19-10-18(22-11-23-19)24-12-4-5-17(30-3)16(21)8-12/h4-11H,1-3H3,(H3,22,23,24,25,26,27). The van der Waals surface area contributed by atoms with Crippen molar-refractivity contribution in [2.75, 3.05) is 37.3 Å². The molecule has 2 amide bonds. The van der Waals surface area contributed by atoms with Gasteiger partial charge >= 0.3 is 6.03 Å². The van der Waals surface area contributed by atoms with Crippen LogP contribution in [-0.4, -0.2) is 37.3 Å². The molecule has 0 fully saturated rings. The fourth-order valence-corrected chi connectivity index (χ4v) is 3.28. The molecule has 10 heteroatoms. The number of amides is 2. The summed E-state index contributed by atoms with van der Waals surface area (Å²) in [6.07, 6.45) is 1.36. The number of carbonyl (C=O) groups excluding carboxylic acids is 1. The SMILES string of the molecule is COc1cc(NC(=O)Nc2cc(Nc3ccc(OC)c(I)c3)ncn2)cc(OC)c1. The van der Waals surface area contributed by atoms with E-state index in [-0.39, 0.29) is 0 Å². The van der Waals surface area contributed by atoms with E-state index in [2.05, 4.69) is 48.5 Å². The topological polar surface area (TPSA) is 107 Å². The molecule has 0 saturated carbocycles. The molecule has 3 aromatic rings. The van der Waals surface area contributed by atoms with Gasteiger partial charge in [-0.15, -0.1) is 0 Å². The Morgan fingerprint density at radius 1 is 0.833 bits per heavy atom. The Balaban J connectivity index is 1.67. The van der Waals surface area contributed by atoms with E-state index in [1.165, 1.54) is 20.5 Å². The van der Waals surface area contributed by atoms with E-state index in [0.717, 1.165) is 15.0 Å². The number of carbonyl (C=O) groups is 1. The Morgan fingerprint density at radius 3 is 2.17 bits per heavy atom. The molecule has 1 heterocycles. The van der Waals surface area contributed by atoms with Crippen LogP contribution in [0, 0.1) is 3.57 Å². The zero-order chi connectivity index (χ0) is 21.5. The van der Waals surface area contributed by atoms with Gasteiger partial charge in [0.15, 0.2) is 0 Å². The van der Waals surface area contributed by atoms with Gasteiger partial charge in [0, 0.05) is 35.6 Å². The maximum absolute atomic E-state index is 12.4. The van der Waals surface area contributed by atoms with Gasteiger partial charge in [-0.3, -0.25) is 5.32 Å². The Kier molecular flexibility index (Phi) is 7.12. The maximum atomic E-state index is 12.4. The minimum absolute atomic E-state index is 0.336. The van der Waals surface area contributed by atoms with Crippen LogP contribution in [0.1, 0.15) is 0 Å². The summed E-state index contributed by atoms with van der Waals surface area (Å²) in [6.45, 7) is 0. The lowest BCUT2D eigenvalue weighted by Crippen LogP contribution is -2.20. The third-order valence-corrected chi connectivity index (χ3v) is 4.79. The van der Waals surface area contributed by atoms with Crippen molar-refractivity contribution < 1.29 is 19.0 Å². The van der Waals surface area contributed by atoms with Gasteiger partial charge in [0.05, 0.1) is 24.9 Å². The fourth-order valence-electron chi connectivity index (χ4n) is 2.54. The summed E-state index contributed by atoms with van der Waals surface area (Å²) >= 11 is 2.19. The van der Waals surface area contributed by atoms with Crippen molar-refractivity contribution in [2.45, 2.75) is 0 Å². The molecule has 2 aromatic carbocycles. The van der Waals surface area contributed by atoms with Crippen LogP contribution in [0.15, 0.2) is 48.8 Å². The number of methoxy groups -OCH3 is 3. The van der Waals surface area contributed by atoms with E-state index in [9.17, 15) is 4.79 Å². The summed E-state index contributed by atoms with van der Waals surface area (Å²) in [5, 5.41) is 8.57. The molecule has 3 rings (SSSR count). The largest absolute Gasteiger partial charge is 0.497 e. The second kappa shape index (κ2) is 9.96. The Labute approximate surface area is 187 Å². The predicted molar refractivity (Wildman–Crippen MR) is 123 cm³/mol. The van der Waals surface area contributed by atoms with Gasteiger partial charge in [-0.25, -0.2) is 14.8 Å². The number of urea groups is 1. The van der Waals surface area contributed by atoms with Crippen LogP contribution >= 0.6 is 22.6 Å². The van der Waals surface area contributed by atoms with Gasteiger partial charge in [0.1, 0.15) is 35.2 Å². The number of halogens is 1. The van der Waals surface area contributed by atoms with Crippen LogP contribution in [0.5, 0.6) is 17.2 Å². The zero-order valence-electron chi connectivity index (χ0n) is 16.5. The molecule has 9 nitrogen and oxygen atoms in total. The summed E-state index contributed by atoms with van der Waals surface area (Å²) in [5.41, 5.74) is 1.35. The van der Waals surface area contributed by atoms with Crippen molar-refractivity contribution in [3.63, 3.8) is 0 Å². The molecule has 0 aliphatic carbocycles. The second-order valence-electron chi connectivity index (χ2n) is 5.94. The van der Waals surface area contributed by atoms with Crippen LogP contribution < -0.4 is 30.2 Å². The summed E-state index contributed by atoms with van der Waals surface area (Å²) in [6, 6.07) is 11.9. The molecule has 3 N–H and O–H groups in total. The number of aromatic nitrogens is 2. The number of nitrogens with zero attached hydrogens (tertiary/aromatic N) is 2. The number of benzene rings is 2. The van der Waals surface area contributed by atoms with E-state index >= 15 is 0 Å². The summed E-state index contributed by atoms with van der Waals surface area (Å²) in [5.74, 6) is 2.78. The van der Waals surface area contributed by atoms with Gasteiger partial charge < -0.3 is 24.8 Å². The molecule has 156 valence electrons. The fraction of sp³-hybridized carbons (Fsp3) is 0.150. The zero-order valence-corrected chi connectivity index (χ0v) is 18.7. The van der Waals surface area contributed by atoms with E-state index in [1.807, 2.05) is 18.2 Å².